The second-order valence-electron chi connectivity index (χ2n) is 2.77. The van der Waals surface area contributed by atoms with E-state index in [4.69, 9.17) is 0 Å². The Morgan fingerprint density at radius 3 is 2.92 bits per heavy atom. The van der Waals surface area contributed by atoms with Crippen molar-refractivity contribution in [3.8, 4) is 0 Å². The van der Waals surface area contributed by atoms with Crippen LogP contribution in [0.15, 0.2) is 23.5 Å². The van der Waals surface area contributed by atoms with Crippen LogP contribution in [0.2, 0.25) is 0 Å². The molecule has 0 radical (unpaired) electrons. The number of rotatable bonds is 2. The molecule has 2 nitrogen and oxygen atoms in total. The molecule has 12 heavy (non-hydrogen) atoms. The summed E-state index contributed by atoms with van der Waals surface area (Å²) in [6.07, 6.45) is 4.26. The third-order valence-electron chi connectivity index (χ3n) is 1.32. The molecule has 0 bridgehead atoms. The molecule has 0 amide bonds. The van der Waals surface area contributed by atoms with Crippen molar-refractivity contribution in [2.75, 3.05) is 0 Å². The van der Waals surface area contributed by atoms with Gasteiger partial charge in [-0.2, -0.15) is 0 Å². The van der Waals surface area contributed by atoms with E-state index >= 15 is 0 Å². The Bertz CT molecular complexity index is 282. The van der Waals surface area contributed by atoms with Crippen molar-refractivity contribution in [2.24, 2.45) is 4.99 Å². The van der Waals surface area contributed by atoms with Gasteiger partial charge in [-0.1, -0.05) is 0 Å². The monoisotopic (exact) mass is 166 g/mol. The van der Waals surface area contributed by atoms with Gasteiger partial charge in [-0.3, -0.25) is 9.98 Å². The Kier molecular flexibility index (Phi) is 2.91. The van der Waals surface area contributed by atoms with Gasteiger partial charge < -0.3 is 0 Å². The molecule has 3 heteroatoms. The molecule has 1 aromatic rings. The van der Waals surface area contributed by atoms with Crippen LogP contribution >= 0.6 is 0 Å². The van der Waals surface area contributed by atoms with Crippen molar-refractivity contribution in [1.82, 2.24) is 4.98 Å². The average molecular weight is 166 g/mol. The Balaban J connectivity index is 2.82. The average Bonchev–Trinajstić information content (AvgIpc) is 2.03. The molecule has 0 atom stereocenters. The zero-order chi connectivity index (χ0) is 8.97. The molecular weight excluding hydrogens is 155 g/mol. The maximum Gasteiger partial charge on any atom is 0.150 e. The molecule has 0 aliphatic heterocycles. The van der Waals surface area contributed by atoms with E-state index in [1.54, 1.807) is 12.3 Å². The van der Waals surface area contributed by atoms with Crippen molar-refractivity contribution in [3.63, 3.8) is 0 Å². The zero-order valence-electron chi connectivity index (χ0n) is 7.16. The van der Waals surface area contributed by atoms with Crippen LogP contribution in [0.3, 0.4) is 0 Å². The second-order valence-corrected chi connectivity index (χ2v) is 2.77. The predicted octanol–water partition coefficient (Wildman–Crippen LogP) is 2.05. The highest BCUT2D eigenvalue weighted by molar-refractivity contribution is 5.79. The summed E-state index contributed by atoms with van der Waals surface area (Å²) >= 11 is 0. The quantitative estimate of drug-likeness (QED) is 0.617. The fourth-order valence-corrected chi connectivity index (χ4v) is 0.720. The fourth-order valence-electron chi connectivity index (χ4n) is 0.720. The number of aliphatic imine (C=N–C) groups is 1. The van der Waals surface area contributed by atoms with Gasteiger partial charge in [0.15, 0.2) is 0 Å². The van der Waals surface area contributed by atoms with Gasteiger partial charge in [0, 0.05) is 24.0 Å². The van der Waals surface area contributed by atoms with Gasteiger partial charge in [0.1, 0.15) is 5.82 Å². The molecule has 0 N–H and O–H groups in total. The fraction of sp³-hybridized carbons (Fsp3) is 0.333. The number of halogens is 1. The largest absolute Gasteiger partial charge is 0.290 e. The van der Waals surface area contributed by atoms with Crippen LogP contribution in [-0.4, -0.2) is 17.2 Å². The molecule has 0 aromatic carbocycles. The molecule has 0 spiro atoms. The Morgan fingerprint density at radius 1 is 1.58 bits per heavy atom. The Morgan fingerprint density at radius 2 is 2.33 bits per heavy atom. The third kappa shape index (κ3) is 2.42. The molecule has 0 aliphatic rings. The van der Waals surface area contributed by atoms with Crippen LogP contribution in [0, 0.1) is 5.82 Å². The molecule has 1 aromatic heterocycles. The summed E-state index contributed by atoms with van der Waals surface area (Å²) < 4.78 is 12.9. The van der Waals surface area contributed by atoms with E-state index in [1.807, 2.05) is 13.8 Å². The highest BCUT2D eigenvalue weighted by Gasteiger charge is 1.96. The summed E-state index contributed by atoms with van der Waals surface area (Å²) in [7, 11) is 0. The number of aromatic nitrogens is 1. The second kappa shape index (κ2) is 3.95. The molecule has 0 fully saturated rings. The highest BCUT2D eigenvalue weighted by atomic mass is 19.1. The lowest BCUT2D eigenvalue weighted by Gasteiger charge is -1.96. The first-order valence-electron chi connectivity index (χ1n) is 3.83. The SMILES string of the molecule is CC(C)/N=C\c1ccncc1F. The molecule has 0 unspecified atom stereocenters. The standard InChI is InChI=1S/C9H11FN2/c1-7(2)12-5-8-3-4-11-6-9(8)10/h3-7H,1-2H3/b12-5-. The van der Waals surface area contributed by atoms with Crippen molar-refractivity contribution < 1.29 is 4.39 Å². The van der Waals surface area contributed by atoms with Crippen LogP contribution in [0.25, 0.3) is 0 Å². The molecule has 64 valence electrons. The molecule has 0 saturated carbocycles. The predicted molar refractivity (Wildman–Crippen MR) is 46.9 cm³/mol. The van der Waals surface area contributed by atoms with Gasteiger partial charge in [-0.15, -0.1) is 0 Å². The summed E-state index contributed by atoms with van der Waals surface area (Å²) in [5.74, 6) is -0.332. The number of hydrogen-bond acceptors (Lipinski definition) is 2. The number of pyridine rings is 1. The lowest BCUT2D eigenvalue weighted by Crippen LogP contribution is -1.93. The zero-order valence-corrected chi connectivity index (χ0v) is 7.16. The van der Waals surface area contributed by atoms with Crippen LogP contribution in [0.4, 0.5) is 4.39 Å². The first kappa shape index (κ1) is 8.84. The normalized spacial score (nSPS) is 11.3. The molecule has 0 saturated heterocycles. The minimum atomic E-state index is -0.332. The summed E-state index contributed by atoms with van der Waals surface area (Å²) in [5, 5.41) is 0. The summed E-state index contributed by atoms with van der Waals surface area (Å²) in [6, 6.07) is 1.79. The van der Waals surface area contributed by atoms with Crippen LogP contribution in [0.1, 0.15) is 19.4 Å². The molecule has 1 rings (SSSR count). The van der Waals surface area contributed by atoms with Gasteiger partial charge in [0.05, 0.1) is 6.20 Å². The van der Waals surface area contributed by atoms with Crippen molar-refractivity contribution in [1.29, 1.82) is 0 Å². The van der Waals surface area contributed by atoms with E-state index in [9.17, 15) is 4.39 Å². The van der Waals surface area contributed by atoms with E-state index in [1.165, 1.54) is 12.4 Å². The molecule has 1 heterocycles. The maximum atomic E-state index is 12.9. The minimum Gasteiger partial charge on any atom is -0.290 e. The first-order valence-corrected chi connectivity index (χ1v) is 3.83. The summed E-state index contributed by atoms with van der Waals surface area (Å²) in [5.41, 5.74) is 0.485. The molecule has 0 aliphatic carbocycles. The van der Waals surface area contributed by atoms with Crippen molar-refractivity contribution in [3.05, 3.63) is 29.8 Å². The van der Waals surface area contributed by atoms with Gasteiger partial charge in [0.25, 0.3) is 0 Å². The van der Waals surface area contributed by atoms with Crippen molar-refractivity contribution in [2.45, 2.75) is 19.9 Å². The number of nitrogens with zero attached hydrogens (tertiary/aromatic N) is 2. The first-order chi connectivity index (χ1) is 5.70. The minimum absolute atomic E-state index is 0.192. The summed E-state index contributed by atoms with van der Waals surface area (Å²) in [4.78, 5) is 7.70. The Labute approximate surface area is 71.2 Å². The molecular formula is C9H11FN2. The van der Waals surface area contributed by atoms with Crippen LogP contribution in [-0.2, 0) is 0 Å². The van der Waals surface area contributed by atoms with E-state index in [-0.39, 0.29) is 11.9 Å². The van der Waals surface area contributed by atoms with Gasteiger partial charge in [-0.05, 0) is 19.9 Å². The Hall–Kier alpha value is -1.25. The lowest BCUT2D eigenvalue weighted by atomic mass is 10.3. The van der Waals surface area contributed by atoms with Crippen molar-refractivity contribution >= 4 is 6.21 Å². The van der Waals surface area contributed by atoms with E-state index in [2.05, 4.69) is 9.98 Å². The van der Waals surface area contributed by atoms with E-state index in [0.29, 0.717) is 5.56 Å². The third-order valence-corrected chi connectivity index (χ3v) is 1.32. The lowest BCUT2D eigenvalue weighted by molar-refractivity contribution is 0.619. The van der Waals surface area contributed by atoms with E-state index in [0.717, 1.165) is 0 Å². The van der Waals surface area contributed by atoms with Crippen LogP contribution in [0.5, 0.6) is 0 Å². The van der Waals surface area contributed by atoms with Crippen LogP contribution < -0.4 is 0 Å². The van der Waals surface area contributed by atoms with Gasteiger partial charge >= 0.3 is 0 Å². The van der Waals surface area contributed by atoms with Gasteiger partial charge in [-0.25, -0.2) is 4.39 Å². The topological polar surface area (TPSA) is 25.2 Å². The smallest absolute Gasteiger partial charge is 0.150 e. The van der Waals surface area contributed by atoms with Gasteiger partial charge in [0.2, 0.25) is 0 Å². The van der Waals surface area contributed by atoms with E-state index < -0.39 is 0 Å². The highest BCUT2D eigenvalue weighted by Crippen LogP contribution is 2.01. The summed E-state index contributed by atoms with van der Waals surface area (Å²) in [6.45, 7) is 3.88. The maximum absolute atomic E-state index is 12.9. The number of hydrogen-bond donors (Lipinski definition) is 0.